The van der Waals surface area contributed by atoms with Crippen LogP contribution in [-0.2, 0) is 0 Å². The molecule has 0 saturated heterocycles. The number of hydrogen-bond acceptors (Lipinski definition) is 2. The highest BCUT2D eigenvalue weighted by Crippen LogP contribution is 2.32. The lowest BCUT2D eigenvalue weighted by atomic mass is 9.98. The van der Waals surface area contributed by atoms with E-state index in [9.17, 15) is 4.79 Å². The Labute approximate surface area is 187 Å². The third-order valence-corrected chi connectivity index (χ3v) is 6.10. The number of benzene rings is 2. The first-order valence-electron chi connectivity index (χ1n) is 10.4. The van der Waals surface area contributed by atoms with Crippen LogP contribution >= 0.6 is 23.2 Å². The molecule has 1 aliphatic carbocycles. The van der Waals surface area contributed by atoms with E-state index in [1.165, 1.54) is 25.7 Å². The van der Waals surface area contributed by atoms with Crippen molar-refractivity contribution in [1.82, 2.24) is 10.3 Å². The van der Waals surface area contributed by atoms with Crippen molar-refractivity contribution in [3.8, 4) is 22.4 Å². The molecule has 1 saturated carbocycles. The van der Waals surface area contributed by atoms with Gasteiger partial charge in [-0.15, -0.1) is 0 Å². The summed E-state index contributed by atoms with van der Waals surface area (Å²) in [7, 11) is 0. The van der Waals surface area contributed by atoms with Crippen LogP contribution in [0.15, 0.2) is 60.7 Å². The van der Waals surface area contributed by atoms with E-state index in [1.54, 1.807) is 6.07 Å². The molecule has 0 aliphatic heterocycles. The van der Waals surface area contributed by atoms with Gasteiger partial charge in [0.2, 0.25) is 0 Å². The molecule has 3 aromatic rings. The Bertz CT molecular complexity index is 1010. The zero-order valence-electron chi connectivity index (χ0n) is 16.7. The van der Waals surface area contributed by atoms with Crippen molar-refractivity contribution in [2.24, 2.45) is 0 Å². The summed E-state index contributed by atoms with van der Waals surface area (Å²) >= 11 is 12.1. The van der Waals surface area contributed by atoms with Crippen LogP contribution in [0.2, 0.25) is 10.0 Å². The van der Waals surface area contributed by atoms with Crippen molar-refractivity contribution in [3.63, 3.8) is 0 Å². The summed E-state index contributed by atoms with van der Waals surface area (Å²) < 4.78 is 0. The van der Waals surface area contributed by atoms with E-state index in [1.807, 2.05) is 54.6 Å². The zero-order chi connectivity index (χ0) is 20.9. The molecule has 5 heteroatoms. The van der Waals surface area contributed by atoms with Gasteiger partial charge in [0.25, 0.3) is 5.91 Å². The molecule has 0 spiro atoms. The average molecular weight is 439 g/mol. The lowest BCUT2D eigenvalue weighted by Crippen LogP contribution is -2.34. The molecule has 0 atom stereocenters. The van der Waals surface area contributed by atoms with Crippen LogP contribution in [0.4, 0.5) is 0 Å². The van der Waals surface area contributed by atoms with Crippen molar-refractivity contribution >= 4 is 29.1 Å². The second-order valence-electron chi connectivity index (χ2n) is 7.77. The Morgan fingerprint density at radius 2 is 1.33 bits per heavy atom. The van der Waals surface area contributed by atoms with Crippen molar-refractivity contribution in [2.75, 3.05) is 0 Å². The molecule has 1 aromatic heterocycles. The largest absolute Gasteiger partial charge is 0.348 e. The summed E-state index contributed by atoms with van der Waals surface area (Å²) in [5.41, 5.74) is 4.03. The molecule has 3 nitrogen and oxygen atoms in total. The zero-order valence-corrected chi connectivity index (χ0v) is 18.2. The standard InChI is InChI=1S/C25H24Cl2N2O/c26-19-11-7-17(8-12-19)22-15-16-23(25(30)28-21-5-3-1-2-4-6-21)29-24(22)18-9-13-20(27)14-10-18/h7-16,21H,1-6H2,(H,28,30). The highest BCUT2D eigenvalue weighted by atomic mass is 35.5. The van der Waals surface area contributed by atoms with Crippen molar-refractivity contribution in [2.45, 2.75) is 44.6 Å². The van der Waals surface area contributed by atoms with Crippen molar-refractivity contribution < 1.29 is 4.79 Å². The second kappa shape index (κ2) is 9.63. The molecule has 2 aromatic carbocycles. The Kier molecular flexibility index (Phi) is 6.71. The monoisotopic (exact) mass is 438 g/mol. The number of rotatable bonds is 4. The average Bonchev–Trinajstić information content (AvgIpc) is 3.03. The number of carbonyl (C=O) groups is 1. The molecule has 1 fully saturated rings. The molecule has 1 aliphatic rings. The minimum Gasteiger partial charge on any atom is -0.348 e. The maximum atomic E-state index is 12.9. The first-order chi connectivity index (χ1) is 14.6. The number of carbonyl (C=O) groups excluding carboxylic acids is 1. The van der Waals surface area contributed by atoms with Crippen LogP contribution in [0.25, 0.3) is 22.4 Å². The van der Waals surface area contributed by atoms with Crippen molar-refractivity contribution in [3.05, 3.63) is 76.4 Å². The van der Waals surface area contributed by atoms with Crippen LogP contribution in [0.1, 0.15) is 49.0 Å². The maximum Gasteiger partial charge on any atom is 0.270 e. The van der Waals surface area contributed by atoms with E-state index < -0.39 is 0 Å². The lowest BCUT2D eigenvalue weighted by Gasteiger charge is -2.17. The van der Waals surface area contributed by atoms with E-state index in [-0.39, 0.29) is 11.9 Å². The molecular formula is C25H24Cl2N2O. The summed E-state index contributed by atoms with van der Waals surface area (Å²) in [6, 6.07) is 19.2. The smallest absolute Gasteiger partial charge is 0.270 e. The molecule has 1 heterocycles. The molecule has 0 unspecified atom stereocenters. The fraction of sp³-hybridized carbons (Fsp3) is 0.280. The Balaban J connectivity index is 1.69. The van der Waals surface area contributed by atoms with Gasteiger partial charge in [0.15, 0.2) is 0 Å². The molecule has 1 amide bonds. The van der Waals surface area contributed by atoms with E-state index in [2.05, 4.69) is 5.32 Å². The molecule has 0 bridgehead atoms. The third kappa shape index (κ3) is 5.03. The molecule has 0 radical (unpaired) electrons. The van der Waals surface area contributed by atoms with Crippen LogP contribution in [0.3, 0.4) is 0 Å². The number of nitrogens with one attached hydrogen (secondary N) is 1. The minimum absolute atomic E-state index is 0.111. The number of hydrogen-bond donors (Lipinski definition) is 1. The summed E-state index contributed by atoms with van der Waals surface area (Å²) in [6.45, 7) is 0. The summed E-state index contributed by atoms with van der Waals surface area (Å²) in [6.07, 6.45) is 6.92. The van der Waals surface area contributed by atoms with E-state index in [0.717, 1.165) is 35.2 Å². The highest BCUT2D eigenvalue weighted by molar-refractivity contribution is 6.31. The van der Waals surface area contributed by atoms with E-state index in [4.69, 9.17) is 28.2 Å². The van der Waals surface area contributed by atoms with Gasteiger partial charge in [-0.05, 0) is 54.8 Å². The van der Waals surface area contributed by atoms with Gasteiger partial charge >= 0.3 is 0 Å². The SMILES string of the molecule is O=C(NC1CCCCCC1)c1ccc(-c2ccc(Cl)cc2)c(-c2ccc(Cl)cc2)n1. The molecule has 4 rings (SSSR count). The number of aromatic nitrogens is 1. The number of halogens is 2. The Hall–Kier alpha value is -2.36. The fourth-order valence-electron chi connectivity index (χ4n) is 3.96. The number of nitrogens with zero attached hydrogens (tertiary/aromatic N) is 1. The summed E-state index contributed by atoms with van der Waals surface area (Å²) in [5.74, 6) is -0.111. The van der Waals surface area contributed by atoms with E-state index >= 15 is 0 Å². The topological polar surface area (TPSA) is 42.0 Å². The van der Waals surface area contributed by atoms with Crippen LogP contribution in [0, 0.1) is 0 Å². The Morgan fingerprint density at radius 1 is 0.767 bits per heavy atom. The van der Waals surface area contributed by atoms with Crippen LogP contribution in [0.5, 0.6) is 0 Å². The number of amides is 1. The predicted octanol–water partition coefficient (Wildman–Crippen LogP) is 7.18. The summed E-state index contributed by atoms with van der Waals surface area (Å²) in [5, 5.41) is 4.53. The van der Waals surface area contributed by atoms with Gasteiger partial charge in [0.05, 0.1) is 5.69 Å². The van der Waals surface area contributed by atoms with Gasteiger partial charge in [-0.1, -0.05) is 73.2 Å². The van der Waals surface area contributed by atoms with Gasteiger partial charge in [-0.25, -0.2) is 4.98 Å². The minimum atomic E-state index is -0.111. The number of pyridine rings is 1. The predicted molar refractivity (Wildman–Crippen MR) is 124 cm³/mol. The van der Waals surface area contributed by atoms with Crippen LogP contribution in [-0.4, -0.2) is 16.9 Å². The summed E-state index contributed by atoms with van der Waals surface area (Å²) in [4.78, 5) is 17.7. The van der Waals surface area contributed by atoms with Gasteiger partial charge in [-0.3, -0.25) is 4.79 Å². The van der Waals surface area contributed by atoms with Crippen LogP contribution < -0.4 is 5.32 Å². The fourth-order valence-corrected chi connectivity index (χ4v) is 4.21. The molecule has 30 heavy (non-hydrogen) atoms. The molecular weight excluding hydrogens is 415 g/mol. The van der Waals surface area contributed by atoms with Gasteiger partial charge in [0, 0.05) is 27.2 Å². The van der Waals surface area contributed by atoms with Gasteiger partial charge in [-0.2, -0.15) is 0 Å². The quantitative estimate of drug-likeness (QED) is 0.438. The second-order valence-corrected chi connectivity index (χ2v) is 8.64. The van der Waals surface area contributed by atoms with Gasteiger partial charge < -0.3 is 5.32 Å². The molecule has 154 valence electrons. The van der Waals surface area contributed by atoms with Gasteiger partial charge in [0.1, 0.15) is 5.69 Å². The third-order valence-electron chi connectivity index (χ3n) is 5.59. The lowest BCUT2D eigenvalue weighted by molar-refractivity contribution is 0.0928. The first-order valence-corrected chi connectivity index (χ1v) is 11.2. The Morgan fingerprint density at radius 3 is 1.93 bits per heavy atom. The maximum absolute atomic E-state index is 12.9. The van der Waals surface area contributed by atoms with Crippen molar-refractivity contribution in [1.29, 1.82) is 0 Å². The van der Waals surface area contributed by atoms with E-state index in [0.29, 0.717) is 15.7 Å². The highest BCUT2D eigenvalue weighted by Gasteiger charge is 2.19. The normalized spacial score (nSPS) is 14.9. The molecule has 1 N–H and O–H groups in total. The first kappa shape index (κ1) is 20.9.